The Bertz CT molecular complexity index is 683. The van der Waals surface area contributed by atoms with Crippen LogP contribution in [0.1, 0.15) is 5.56 Å². The smallest absolute Gasteiger partial charge is 0.251 e. The molecule has 0 aromatic heterocycles. The van der Waals surface area contributed by atoms with Crippen LogP contribution in [0, 0.1) is 0 Å². The molecule has 2 aromatic rings. The number of hydrogen-bond donors (Lipinski definition) is 2. The van der Waals surface area contributed by atoms with E-state index in [2.05, 4.69) is 0 Å². The third-order valence-electron chi connectivity index (χ3n) is 3.27. The van der Waals surface area contributed by atoms with Gasteiger partial charge in [-0.3, -0.25) is 4.79 Å². The minimum Gasteiger partial charge on any atom is -0.504 e. The van der Waals surface area contributed by atoms with E-state index in [-0.39, 0.29) is 17.4 Å². The summed E-state index contributed by atoms with van der Waals surface area (Å²) in [7, 11) is 1.59. The summed E-state index contributed by atoms with van der Waals surface area (Å²) in [6, 6.07) is 13.7. The number of nitrogens with zero attached hydrogens (tertiary/aromatic N) is 1. The molecule has 120 valence electrons. The van der Waals surface area contributed by atoms with Crippen LogP contribution in [-0.4, -0.2) is 36.4 Å². The molecule has 5 nitrogen and oxygen atoms in total. The van der Waals surface area contributed by atoms with Crippen LogP contribution in [0.4, 0.5) is 5.69 Å². The Balaban J connectivity index is 2.16. The number of para-hydroxylation sites is 1. The van der Waals surface area contributed by atoms with Crippen molar-refractivity contribution >= 4 is 17.7 Å². The zero-order chi connectivity index (χ0) is 16.7. The minimum absolute atomic E-state index is 0.194. The molecule has 0 aliphatic carbocycles. The van der Waals surface area contributed by atoms with Crippen LogP contribution in [0.15, 0.2) is 54.6 Å². The van der Waals surface area contributed by atoms with Crippen LogP contribution in [0.3, 0.4) is 0 Å². The first kappa shape index (κ1) is 16.6. The highest BCUT2D eigenvalue weighted by atomic mass is 16.5. The van der Waals surface area contributed by atoms with E-state index in [4.69, 9.17) is 4.74 Å². The van der Waals surface area contributed by atoms with Crippen LogP contribution in [0.25, 0.3) is 6.08 Å². The summed E-state index contributed by atoms with van der Waals surface area (Å²) in [4.78, 5) is 14.1. The number of aromatic hydroxyl groups is 2. The van der Waals surface area contributed by atoms with Gasteiger partial charge >= 0.3 is 0 Å². The first-order valence-corrected chi connectivity index (χ1v) is 7.17. The van der Waals surface area contributed by atoms with E-state index in [1.165, 1.54) is 18.2 Å². The number of carbonyl (C=O) groups is 1. The van der Waals surface area contributed by atoms with Gasteiger partial charge in [-0.15, -0.1) is 0 Å². The number of phenols is 2. The topological polar surface area (TPSA) is 70.0 Å². The number of amides is 1. The second-order valence-corrected chi connectivity index (χ2v) is 4.90. The lowest BCUT2D eigenvalue weighted by Gasteiger charge is -2.20. The monoisotopic (exact) mass is 313 g/mol. The number of ether oxygens (including phenoxy) is 1. The van der Waals surface area contributed by atoms with Crippen molar-refractivity contribution in [2.45, 2.75) is 0 Å². The van der Waals surface area contributed by atoms with Gasteiger partial charge in [-0.2, -0.15) is 0 Å². The van der Waals surface area contributed by atoms with E-state index >= 15 is 0 Å². The van der Waals surface area contributed by atoms with Crippen LogP contribution in [-0.2, 0) is 9.53 Å². The quantitative estimate of drug-likeness (QED) is 0.635. The van der Waals surface area contributed by atoms with Gasteiger partial charge < -0.3 is 19.8 Å². The van der Waals surface area contributed by atoms with Crippen molar-refractivity contribution in [3.05, 3.63) is 60.2 Å². The summed E-state index contributed by atoms with van der Waals surface area (Å²) in [6.07, 6.45) is 3.01. The predicted octanol–water partition coefficient (Wildman–Crippen LogP) is 2.79. The SMILES string of the molecule is COCCN(C(=O)/C=C/c1ccc(O)c(O)c1)c1ccccc1. The van der Waals surface area contributed by atoms with E-state index in [0.717, 1.165) is 5.69 Å². The number of hydrogen-bond acceptors (Lipinski definition) is 4. The van der Waals surface area contributed by atoms with Gasteiger partial charge in [0.2, 0.25) is 0 Å². The molecule has 0 atom stereocenters. The van der Waals surface area contributed by atoms with Gasteiger partial charge in [-0.1, -0.05) is 24.3 Å². The maximum atomic E-state index is 12.4. The molecule has 0 aliphatic rings. The van der Waals surface area contributed by atoms with E-state index in [9.17, 15) is 15.0 Å². The number of methoxy groups -OCH3 is 1. The first-order valence-electron chi connectivity index (χ1n) is 7.17. The molecule has 0 saturated heterocycles. The average Bonchev–Trinajstić information content (AvgIpc) is 2.57. The highest BCUT2D eigenvalue weighted by Gasteiger charge is 2.12. The third kappa shape index (κ3) is 4.59. The van der Waals surface area contributed by atoms with E-state index in [1.807, 2.05) is 30.3 Å². The third-order valence-corrected chi connectivity index (χ3v) is 3.27. The molecule has 2 aromatic carbocycles. The maximum absolute atomic E-state index is 12.4. The number of phenolic OH excluding ortho intramolecular Hbond substituents is 2. The summed E-state index contributed by atoms with van der Waals surface area (Å²) in [6.45, 7) is 0.860. The summed E-state index contributed by atoms with van der Waals surface area (Å²) in [5, 5.41) is 18.8. The number of rotatable bonds is 6. The fraction of sp³-hybridized carbons (Fsp3) is 0.167. The molecule has 1 amide bonds. The second-order valence-electron chi connectivity index (χ2n) is 4.90. The molecule has 2 N–H and O–H groups in total. The number of benzene rings is 2. The van der Waals surface area contributed by atoms with Gasteiger partial charge in [-0.05, 0) is 35.9 Å². The molecule has 0 fully saturated rings. The minimum atomic E-state index is -0.223. The number of anilines is 1. The summed E-state index contributed by atoms with van der Waals surface area (Å²) in [5.74, 6) is -0.612. The van der Waals surface area contributed by atoms with E-state index < -0.39 is 0 Å². The zero-order valence-corrected chi connectivity index (χ0v) is 12.8. The van der Waals surface area contributed by atoms with Gasteiger partial charge in [0, 0.05) is 25.4 Å². The molecule has 0 aliphatic heterocycles. The summed E-state index contributed by atoms with van der Waals surface area (Å²) >= 11 is 0. The van der Waals surface area contributed by atoms with E-state index in [1.54, 1.807) is 24.2 Å². The molecular weight excluding hydrogens is 294 g/mol. The van der Waals surface area contributed by atoms with Crippen LogP contribution >= 0.6 is 0 Å². The van der Waals surface area contributed by atoms with E-state index in [0.29, 0.717) is 18.7 Å². The van der Waals surface area contributed by atoms with Crippen molar-refractivity contribution < 1.29 is 19.7 Å². The molecule has 5 heteroatoms. The predicted molar refractivity (Wildman–Crippen MR) is 89.5 cm³/mol. The van der Waals surface area contributed by atoms with Gasteiger partial charge in [0.1, 0.15) is 0 Å². The zero-order valence-electron chi connectivity index (χ0n) is 12.8. The van der Waals surface area contributed by atoms with Crippen LogP contribution in [0.5, 0.6) is 11.5 Å². The second kappa shape index (κ2) is 8.00. The summed E-state index contributed by atoms with van der Waals surface area (Å²) in [5.41, 5.74) is 1.40. The lowest BCUT2D eigenvalue weighted by molar-refractivity contribution is -0.114. The molecule has 0 spiro atoms. The van der Waals surface area contributed by atoms with Crippen LogP contribution < -0.4 is 4.90 Å². The molecular formula is C18H19NO4. The fourth-order valence-electron chi connectivity index (χ4n) is 2.06. The average molecular weight is 313 g/mol. The normalized spacial score (nSPS) is 10.8. The Morgan fingerprint density at radius 2 is 1.87 bits per heavy atom. The molecule has 0 bridgehead atoms. The van der Waals surface area contributed by atoms with Crippen molar-refractivity contribution in [3.63, 3.8) is 0 Å². The Morgan fingerprint density at radius 3 is 2.52 bits per heavy atom. The van der Waals surface area contributed by atoms with Crippen molar-refractivity contribution in [2.75, 3.05) is 25.2 Å². The Kier molecular flexibility index (Phi) is 5.77. The Labute approximate surface area is 135 Å². The largest absolute Gasteiger partial charge is 0.504 e. The molecule has 0 unspecified atom stereocenters. The highest BCUT2D eigenvalue weighted by molar-refractivity contribution is 6.03. The Hall–Kier alpha value is -2.79. The number of carbonyl (C=O) groups excluding carboxylic acids is 1. The lowest BCUT2D eigenvalue weighted by Crippen LogP contribution is -2.32. The van der Waals surface area contributed by atoms with Crippen molar-refractivity contribution in [1.29, 1.82) is 0 Å². The first-order chi connectivity index (χ1) is 11.1. The molecule has 2 rings (SSSR count). The van der Waals surface area contributed by atoms with Crippen LogP contribution in [0.2, 0.25) is 0 Å². The molecule has 0 heterocycles. The molecule has 0 radical (unpaired) electrons. The fourth-order valence-corrected chi connectivity index (χ4v) is 2.06. The maximum Gasteiger partial charge on any atom is 0.251 e. The Morgan fingerprint density at radius 1 is 1.13 bits per heavy atom. The molecule has 0 saturated carbocycles. The van der Waals surface area contributed by atoms with Gasteiger partial charge in [0.05, 0.1) is 6.61 Å². The van der Waals surface area contributed by atoms with Gasteiger partial charge in [-0.25, -0.2) is 0 Å². The highest BCUT2D eigenvalue weighted by Crippen LogP contribution is 2.25. The lowest BCUT2D eigenvalue weighted by atomic mass is 10.2. The van der Waals surface area contributed by atoms with Gasteiger partial charge in [0.25, 0.3) is 5.91 Å². The van der Waals surface area contributed by atoms with Crippen molar-refractivity contribution in [2.24, 2.45) is 0 Å². The van der Waals surface area contributed by atoms with Crippen molar-refractivity contribution in [3.8, 4) is 11.5 Å². The van der Waals surface area contributed by atoms with Crippen molar-refractivity contribution in [1.82, 2.24) is 0 Å². The molecule has 23 heavy (non-hydrogen) atoms. The summed E-state index contributed by atoms with van der Waals surface area (Å²) < 4.78 is 5.06. The standard InChI is InChI=1S/C18H19NO4/c1-23-12-11-19(15-5-3-2-4-6-15)18(22)10-8-14-7-9-16(20)17(21)13-14/h2-10,13,20-21H,11-12H2,1H3/b10-8+. The van der Waals surface area contributed by atoms with Gasteiger partial charge in [0.15, 0.2) is 11.5 Å².